The minimum absolute atomic E-state index is 0.0370. The number of nitro benzene ring substituents is 1. The molecule has 1 aromatic carbocycles. The van der Waals surface area contributed by atoms with Gasteiger partial charge in [0.2, 0.25) is 0 Å². The highest BCUT2D eigenvalue weighted by atomic mass is 16.7. The third-order valence-electron chi connectivity index (χ3n) is 4.07. The fourth-order valence-electron chi connectivity index (χ4n) is 2.62. The Hall–Kier alpha value is -3.61. The Morgan fingerprint density at radius 2 is 1.33 bits per heavy atom. The molecule has 0 aromatic heterocycles. The number of ether oxygens (including phenoxy) is 4. The smallest absolute Gasteiger partial charge is 0.444 e. The van der Waals surface area contributed by atoms with Crippen molar-refractivity contribution in [2.45, 2.75) is 52.7 Å². The van der Waals surface area contributed by atoms with E-state index in [1.165, 1.54) is 24.3 Å². The first-order chi connectivity index (χ1) is 16.6. The summed E-state index contributed by atoms with van der Waals surface area (Å²) in [6.45, 7) is 12.1. The van der Waals surface area contributed by atoms with Crippen molar-refractivity contribution >= 4 is 24.0 Å². The molecular weight excluding hydrogens is 476 g/mol. The summed E-state index contributed by atoms with van der Waals surface area (Å²) in [6.07, 6.45) is -2.09. The van der Waals surface area contributed by atoms with Crippen molar-refractivity contribution in [1.29, 1.82) is 0 Å². The van der Waals surface area contributed by atoms with Crippen LogP contribution in [0.1, 0.15) is 41.5 Å². The van der Waals surface area contributed by atoms with Crippen molar-refractivity contribution in [3.8, 4) is 5.75 Å². The van der Waals surface area contributed by atoms with Gasteiger partial charge in [-0.05, 0) is 53.7 Å². The number of rotatable bonds is 11. The zero-order chi connectivity index (χ0) is 27.4. The van der Waals surface area contributed by atoms with Crippen molar-refractivity contribution in [3.05, 3.63) is 34.4 Å². The summed E-state index contributed by atoms with van der Waals surface area (Å²) in [7, 11) is 0. The van der Waals surface area contributed by atoms with Crippen LogP contribution in [0.5, 0.6) is 5.75 Å². The summed E-state index contributed by atoms with van der Waals surface area (Å²) in [4.78, 5) is 47.7. The fraction of sp³-hybridized carbons (Fsp3) is 0.609. The average molecular weight is 513 g/mol. The molecule has 0 radical (unpaired) electrons. The van der Waals surface area contributed by atoms with Crippen molar-refractivity contribution < 1.29 is 38.3 Å². The van der Waals surface area contributed by atoms with E-state index in [2.05, 4.69) is 10.6 Å². The molecule has 0 aliphatic heterocycles. The Morgan fingerprint density at radius 3 is 1.75 bits per heavy atom. The molecule has 0 saturated carbocycles. The molecule has 36 heavy (non-hydrogen) atoms. The zero-order valence-electron chi connectivity index (χ0n) is 21.6. The molecule has 202 valence electrons. The van der Waals surface area contributed by atoms with Crippen molar-refractivity contribution in [3.63, 3.8) is 0 Å². The summed E-state index contributed by atoms with van der Waals surface area (Å²) < 4.78 is 20.5. The largest absolute Gasteiger partial charge is 0.513 e. The first-order valence-electron chi connectivity index (χ1n) is 11.4. The highest BCUT2D eigenvalue weighted by molar-refractivity contribution is 5.68. The summed E-state index contributed by atoms with van der Waals surface area (Å²) in [5.41, 5.74) is -1.39. The van der Waals surface area contributed by atoms with Gasteiger partial charge in [-0.2, -0.15) is 0 Å². The molecule has 2 amide bonds. The van der Waals surface area contributed by atoms with Crippen LogP contribution in [-0.4, -0.2) is 78.7 Å². The molecule has 1 aromatic rings. The van der Waals surface area contributed by atoms with Crippen molar-refractivity contribution in [2.75, 3.05) is 39.3 Å². The SMILES string of the molecule is CC(C)(C)OC(=O)NCCN(CCNC(=O)OC(C)(C)C)CCOC(=O)Oc1ccc([N+](=O)[O-])cc1. The van der Waals surface area contributed by atoms with Crippen LogP contribution in [0.2, 0.25) is 0 Å². The van der Waals surface area contributed by atoms with Crippen LogP contribution in [-0.2, 0) is 14.2 Å². The Balaban J connectivity index is 2.53. The van der Waals surface area contributed by atoms with Crippen molar-refractivity contribution in [1.82, 2.24) is 15.5 Å². The van der Waals surface area contributed by atoms with E-state index in [9.17, 15) is 24.5 Å². The lowest BCUT2D eigenvalue weighted by molar-refractivity contribution is -0.384. The molecule has 2 N–H and O–H groups in total. The van der Waals surface area contributed by atoms with E-state index < -0.39 is 34.5 Å². The number of carbonyl (C=O) groups is 3. The third-order valence-corrected chi connectivity index (χ3v) is 4.07. The van der Waals surface area contributed by atoms with Gasteiger partial charge in [0, 0.05) is 44.9 Å². The topological polar surface area (TPSA) is 159 Å². The lowest BCUT2D eigenvalue weighted by Crippen LogP contribution is -2.43. The van der Waals surface area contributed by atoms with Crippen LogP contribution < -0.4 is 15.4 Å². The highest BCUT2D eigenvalue weighted by Crippen LogP contribution is 2.17. The van der Waals surface area contributed by atoms with Crippen LogP contribution in [0, 0.1) is 10.1 Å². The van der Waals surface area contributed by atoms with Crippen LogP contribution in [0.3, 0.4) is 0 Å². The second-order valence-corrected chi connectivity index (χ2v) is 9.65. The maximum atomic E-state index is 11.9. The normalized spacial score (nSPS) is 11.4. The molecular formula is C23H36N4O9. The van der Waals surface area contributed by atoms with Gasteiger partial charge in [0.25, 0.3) is 5.69 Å². The number of nitrogens with zero attached hydrogens (tertiary/aromatic N) is 2. The van der Waals surface area contributed by atoms with Gasteiger partial charge in [-0.25, -0.2) is 14.4 Å². The highest BCUT2D eigenvalue weighted by Gasteiger charge is 2.18. The monoisotopic (exact) mass is 512 g/mol. The maximum absolute atomic E-state index is 11.9. The Morgan fingerprint density at radius 1 is 0.861 bits per heavy atom. The van der Waals surface area contributed by atoms with E-state index in [4.69, 9.17) is 18.9 Å². The molecule has 0 saturated heterocycles. The summed E-state index contributed by atoms with van der Waals surface area (Å²) >= 11 is 0. The standard InChI is InChI=1S/C23H36N4O9/c1-22(2,3)35-19(28)24-11-13-26(14-12-25-20(29)36-23(4,5)6)15-16-33-21(30)34-18-9-7-17(8-10-18)27(31)32/h7-10H,11-16H2,1-6H3,(H,24,28)(H,25,29). The number of benzene rings is 1. The number of alkyl carbamates (subject to hydrolysis) is 2. The Bertz CT molecular complexity index is 843. The van der Waals surface area contributed by atoms with Gasteiger partial charge >= 0.3 is 18.3 Å². The molecule has 1 rings (SSSR count). The van der Waals surface area contributed by atoms with Gasteiger partial charge in [0.05, 0.1) is 4.92 Å². The van der Waals surface area contributed by atoms with E-state index in [0.29, 0.717) is 13.1 Å². The van der Waals surface area contributed by atoms with E-state index in [1.54, 1.807) is 41.5 Å². The minimum atomic E-state index is -0.970. The van der Waals surface area contributed by atoms with Gasteiger partial charge in [0.1, 0.15) is 23.6 Å². The van der Waals surface area contributed by atoms with Gasteiger partial charge in [-0.1, -0.05) is 0 Å². The number of nitrogens with one attached hydrogen (secondary N) is 2. The lowest BCUT2D eigenvalue weighted by Gasteiger charge is -2.24. The molecule has 0 bridgehead atoms. The van der Waals surface area contributed by atoms with Crippen molar-refractivity contribution in [2.24, 2.45) is 0 Å². The van der Waals surface area contributed by atoms with Crippen LogP contribution in [0.25, 0.3) is 0 Å². The first-order valence-corrected chi connectivity index (χ1v) is 11.4. The molecule has 0 aliphatic rings. The molecule has 0 spiro atoms. The minimum Gasteiger partial charge on any atom is -0.444 e. The Kier molecular flexibility index (Phi) is 11.9. The number of carbonyl (C=O) groups excluding carboxylic acids is 3. The number of hydrogen-bond donors (Lipinski definition) is 2. The van der Waals surface area contributed by atoms with Gasteiger partial charge in [-0.15, -0.1) is 0 Å². The molecule has 0 heterocycles. The fourth-order valence-corrected chi connectivity index (χ4v) is 2.62. The van der Waals surface area contributed by atoms with E-state index >= 15 is 0 Å². The summed E-state index contributed by atoms with van der Waals surface area (Å²) in [5.74, 6) is 0.102. The molecule has 0 unspecified atom stereocenters. The predicted octanol–water partition coefficient (Wildman–Crippen LogP) is 3.46. The van der Waals surface area contributed by atoms with E-state index in [-0.39, 0.29) is 37.7 Å². The molecule has 0 fully saturated rings. The lowest BCUT2D eigenvalue weighted by atomic mass is 10.2. The van der Waals surface area contributed by atoms with Crippen LogP contribution in [0.4, 0.5) is 20.1 Å². The number of non-ortho nitro benzene ring substituents is 1. The quantitative estimate of drug-likeness (QED) is 0.148. The zero-order valence-corrected chi connectivity index (χ0v) is 21.6. The van der Waals surface area contributed by atoms with Crippen LogP contribution >= 0.6 is 0 Å². The molecule has 0 atom stereocenters. The Labute approximate surface area is 210 Å². The number of hydrogen-bond acceptors (Lipinski definition) is 10. The molecule has 13 heteroatoms. The predicted molar refractivity (Wildman–Crippen MR) is 130 cm³/mol. The molecule has 0 aliphatic carbocycles. The van der Waals surface area contributed by atoms with Gasteiger partial charge < -0.3 is 29.6 Å². The third kappa shape index (κ3) is 14.6. The second kappa shape index (κ2) is 14.1. The van der Waals surface area contributed by atoms with E-state index in [1.807, 2.05) is 4.90 Å². The van der Waals surface area contributed by atoms with Crippen LogP contribution in [0.15, 0.2) is 24.3 Å². The average Bonchev–Trinajstić information content (AvgIpc) is 2.71. The number of nitro groups is 1. The van der Waals surface area contributed by atoms with E-state index in [0.717, 1.165) is 0 Å². The van der Waals surface area contributed by atoms with Gasteiger partial charge in [0.15, 0.2) is 0 Å². The molecule has 13 nitrogen and oxygen atoms in total. The maximum Gasteiger partial charge on any atom is 0.513 e. The summed E-state index contributed by atoms with van der Waals surface area (Å²) in [6, 6.07) is 4.99. The van der Waals surface area contributed by atoms with Gasteiger partial charge in [-0.3, -0.25) is 15.0 Å². The first kappa shape index (κ1) is 30.4. The number of amides is 2. The second-order valence-electron chi connectivity index (χ2n) is 9.65. The summed E-state index contributed by atoms with van der Waals surface area (Å²) in [5, 5.41) is 16.0.